The zero-order valence-electron chi connectivity index (χ0n) is 14.8. The van der Waals surface area contributed by atoms with E-state index >= 15 is 0 Å². The first kappa shape index (κ1) is 19.6. The van der Waals surface area contributed by atoms with Gasteiger partial charge in [0.25, 0.3) is 5.69 Å². The van der Waals surface area contributed by atoms with E-state index in [9.17, 15) is 10.1 Å². The van der Waals surface area contributed by atoms with Crippen molar-refractivity contribution in [3.63, 3.8) is 0 Å². The molecule has 0 aliphatic carbocycles. The van der Waals surface area contributed by atoms with Crippen LogP contribution in [0.4, 0.5) is 5.69 Å². The van der Waals surface area contributed by atoms with Gasteiger partial charge in [0.1, 0.15) is 0 Å². The molecule has 0 aromatic heterocycles. The average Bonchev–Trinajstić information content (AvgIpc) is 2.55. The van der Waals surface area contributed by atoms with E-state index in [0.29, 0.717) is 0 Å². The topological polar surface area (TPSA) is 46.4 Å². The summed E-state index contributed by atoms with van der Waals surface area (Å²) in [6, 6.07) is 6.97. The van der Waals surface area contributed by atoms with Crippen LogP contribution in [-0.2, 0) is 6.42 Å². The van der Waals surface area contributed by atoms with Crippen LogP contribution >= 0.6 is 0 Å². The second kappa shape index (κ2) is 12.1. The van der Waals surface area contributed by atoms with Gasteiger partial charge >= 0.3 is 0 Å². The molecule has 0 saturated carbocycles. The molecule has 0 unspecified atom stereocenters. The highest BCUT2D eigenvalue weighted by Gasteiger charge is 2.05. The average molecular weight is 320 g/mol. The summed E-state index contributed by atoms with van der Waals surface area (Å²) >= 11 is 0. The van der Waals surface area contributed by atoms with Crippen LogP contribution in [0.5, 0.6) is 0 Å². The predicted molar refractivity (Wildman–Crippen MR) is 96.9 cm³/mol. The Labute approximate surface area is 141 Å². The van der Waals surface area contributed by atoms with Crippen LogP contribution in [0.25, 0.3) is 0 Å². The van der Waals surface area contributed by atoms with Gasteiger partial charge in [-0.2, -0.15) is 0 Å². The van der Waals surface area contributed by atoms with Crippen LogP contribution in [-0.4, -0.2) is 29.5 Å². The molecular weight excluding hydrogens is 288 g/mol. The van der Waals surface area contributed by atoms with Crippen LogP contribution in [0.3, 0.4) is 0 Å². The quantitative estimate of drug-likeness (QED) is 0.285. The fourth-order valence-electron chi connectivity index (χ4n) is 2.86. The van der Waals surface area contributed by atoms with Crippen molar-refractivity contribution >= 4 is 5.69 Å². The summed E-state index contributed by atoms with van der Waals surface area (Å²) in [4.78, 5) is 12.9. The van der Waals surface area contributed by atoms with E-state index < -0.39 is 0 Å². The zero-order valence-corrected chi connectivity index (χ0v) is 14.8. The third kappa shape index (κ3) is 8.70. The molecular formula is C19H32N2O2. The first-order chi connectivity index (χ1) is 11.2. The van der Waals surface area contributed by atoms with Crippen molar-refractivity contribution in [1.82, 2.24) is 4.90 Å². The number of rotatable bonds is 13. The molecule has 1 aromatic rings. The number of non-ortho nitro benzene ring substituents is 1. The lowest BCUT2D eigenvalue weighted by Crippen LogP contribution is -2.27. The third-order valence-corrected chi connectivity index (χ3v) is 4.20. The summed E-state index contributed by atoms with van der Waals surface area (Å²) in [6.45, 7) is 8.10. The van der Waals surface area contributed by atoms with Crippen molar-refractivity contribution in [2.75, 3.05) is 19.6 Å². The van der Waals surface area contributed by atoms with Gasteiger partial charge in [0.2, 0.25) is 0 Å². The van der Waals surface area contributed by atoms with Gasteiger partial charge in [0, 0.05) is 12.1 Å². The molecule has 0 fully saturated rings. The van der Waals surface area contributed by atoms with E-state index in [2.05, 4.69) is 18.7 Å². The summed E-state index contributed by atoms with van der Waals surface area (Å²) in [5.41, 5.74) is 1.37. The minimum atomic E-state index is -0.342. The number of unbranched alkanes of at least 4 members (excludes halogenated alkanes) is 4. The van der Waals surface area contributed by atoms with Crippen LogP contribution in [0, 0.1) is 10.1 Å². The Morgan fingerprint density at radius 3 is 2.09 bits per heavy atom. The fourth-order valence-corrected chi connectivity index (χ4v) is 2.86. The summed E-state index contributed by atoms with van der Waals surface area (Å²) < 4.78 is 0. The number of benzene rings is 1. The Kier molecular flexibility index (Phi) is 10.3. The lowest BCUT2D eigenvalue weighted by molar-refractivity contribution is -0.384. The number of aryl methyl sites for hydroxylation is 1. The minimum Gasteiger partial charge on any atom is -0.303 e. The number of nitro groups is 1. The second-order valence-corrected chi connectivity index (χ2v) is 6.28. The molecule has 1 rings (SSSR count). The van der Waals surface area contributed by atoms with Gasteiger partial charge in [0.05, 0.1) is 4.92 Å². The summed E-state index contributed by atoms with van der Waals surface area (Å²) in [5, 5.41) is 10.6. The molecule has 4 nitrogen and oxygen atoms in total. The Morgan fingerprint density at radius 2 is 1.52 bits per heavy atom. The predicted octanol–water partition coefficient (Wildman–Crippen LogP) is 5.21. The van der Waals surface area contributed by atoms with E-state index in [4.69, 9.17) is 0 Å². The normalized spacial score (nSPS) is 11.1. The molecule has 0 bridgehead atoms. The molecule has 0 saturated heterocycles. The molecule has 1 aromatic carbocycles. The van der Waals surface area contributed by atoms with Crippen molar-refractivity contribution in [3.8, 4) is 0 Å². The molecule has 0 aliphatic heterocycles. The molecule has 4 heteroatoms. The SMILES string of the molecule is CCCCCCN(CCC)CCCCc1ccc([N+](=O)[O-])cc1. The molecule has 0 radical (unpaired) electrons. The third-order valence-electron chi connectivity index (χ3n) is 4.20. The van der Waals surface area contributed by atoms with Gasteiger partial charge < -0.3 is 4.90 Å². The highest BCUT2D eigenvalue weighted by molar-refractivity contribution is 5.32. The molecule has 0 N–H and O–H groups in total. The lowest BCUT2D eigenvalue weighted by Gasteiger charge is -2.21. The zero-order chi connectivity index (χ0) is 16.9. The number of hydrogen-bond acceptors (Lipinski definition) is 3. The standard InChI is InChI=1S/C19H32N2O2/c1-3-5-6-8-16-20(15-4-2)17-9-7-10-18-11-13-19(14-12-18)21(22)23/h11-14H,3-10,15-17H2,1-2H3. The van der Waals surface area contributed by atoms with Gasteiger partial charge in [-0.05, 0) is 57.3 Å². The first-order valence-electron chi connectivity index (χ1n) is 9.13. The maximum absolute atomic E-state index is 10.6. The van der Waals surface area contributed by atoms with E-state index in [0.717, 1.165) is 12.8 Å². The molecule has 0 aliphatic rings. The number of hydrogen-bond donors (Lipinski definition) is 0. The Balaban J connectivity index is 2.23. The van der Waals surface area contributed by atoms with Crippen molar-refractivity contribution < 1.29 is 4.92 Å². The van der Waals surface area contributed by atoms with E-state index in [1.165, 1.54) is 63.7 Å². The van der Waals surface area contributed by atoms with Gasteiger partial charge in [-0.15, -0.1) is 0 Å². The van der Waals surface area contributed by atoms with Gasteiger partial charge in [-0.3, -0.25) is 10.1 Å². The second-order valence-electron chi connectivity index (χ2n) is 6.28. The van der Waals surface area contributed by atoms with Crippen molar-refractivity contribution in [1.29, 1.82) is 0 Å². The molecule has 0 amide bonds. The summed E-state index contributed by atoms with van der Waals surface area (Å²) in [5.74, 6) is 0. The minimum absolute atomic E-state index is 0.176. The van der Waals surface area contributed by atoms with Crippen LogP contribution < -0.4 is 0 Å². The summed E-state index contributed by atoms with van der Waals surface area (Å²) in [7, 11) is 0. The smallest absolute Gasteiger partial charge is 0.269 e. The molecule has 130 valence electrons. The Hall–Kier alpha value is -1.42. The lowest BCUT2D eigenvalue weighted by atomic mass is 10.1. The van der Waals surface area contributed by atoms with E-state index in [-0.39, 0.29) is 10.6 Å². The van der Waals surface area contributed by atoms with Gasteiger partial charge in [-0.1, -0.05) is 45.2 Å². The maximum Gasteiger partial charge on any atom is 0.269 e. The number of nitrogens with zero attached hydrogens (tertiary/aromatic N) is 2. The summed E-state index contributed by atoms with van der Waals surface area (Å²) in [6.07, 6.45) is 9.88. The number of nitro benzene ring substituents is 1. The van der Waals surface area contributed by atoms with Gasteiger partial charge in [0.15, 0.2) is 0 Å². The van der Waals surface area contributed by atoms with Crippen molar-refractivity contribution in [2.24, 2.45) is 0 Å². The largest absolute Gasteiger partial charge is 0.303 e. The maximum atomic E-state index is 10.6. The van der Waals surface area contributed by atoms with Crippen LogP contribution in [0.2, 0.25) is 0 Å². The Bertz CT molecular complexity index is 432. The molecule has 0 heterocycles. The molecule has 0 atom stereocenters. The highest BCUT2D eigenvalue weighted by Crippen LogP contribution is 2.14. The van der Waals surface area contributed by atoms with Crippen molar-refractivity contribution in [3.05, 3.63) is 39.9 Å². The van der Waals surface area contributed by atoms with Crippen LogP contribution in [0.1, 0.15) is 64.4 Å². The highest BCUT2D eigenvalue weighted by atomic mass is 16.6. The van der Waals surface area contributed by atoms with E-state index in [1.54, 1.807) is 12.1 Å². The van der Waals surface area contributed by atoms with E-state index in [1.807, 2.05) is 12.1 Å². The first-order valence-corrected chi connectivity index (χ1v) is 9.13. The van der Waals surface area contributed by atoms with Gasteiger partial charge in [-0.25, -0.2) is 0 Å². The van der Waals surface area contributed by atoms with Crippen LogP contribution in [0.15, 0.2) is 24.3 Å². The Morgan fingerprint density at radius 1 is 0.870 bits per heavy atom. The van der Waals surface area contributed by atoms with Crippen molar-refractivity contribution in [2.45, 2.75) is 65.2 Å². The fraction of sp³-hybridized carbons (Fsp3) is 0.684. The monoisotopic (exact) mass is 320 g/mol. The molecule has 23 heavy (non-hydrogen) atoms. The molecule has 0 spiro atoms.